The van der Waals surface area contributed by atoms with Gasteiger partial charge in [0.05, 0.1) is 6.26 Å². The minimum absolute atomic E-state index is 0.135. The first-order chi connectivity index (χ1) is 8.12. The third-order valence-electron chi connectivity index (χ3n) is 3.56. The van der Waals surface area contributed by atoms with E-state index >= 15 is 0 Å². The molecule has 1 aliphatic heterocycles. The van der Waals surface area contributed by atoms with Crippen LogP contribution in [0.3, 0.4) is 0 Å². The fraction of sp³-hybridized carbons (Fsp3) is 0.385. The Morgan fingerprint density at radius 2 is 2.18 bits per heavy atom. The van der Waals surface area contributed by atoms with Gasteiger partial charge in [-0.15, -0.1) is 0 Å². The summed E-state index contributed by atoms with van der Waals surface area (Å²) >= 11 is 0. The second-order valence-corrected chi connectivity index (χ2v) is 4.74. The molecule has 2 heterocycles. The Morgan fingerprint density at radius 3 is 2.88 bits per heavy atom. The number of furan rings is 1. The zero-order chi connectivity index (χ0) is 12.0. The van der Waals surface area contributed by atoms with Gasteiger partial charge in [-0.1, -0.05) is 0 Å². The summed E-state index contributed by atoms with van der Waals surface area (Å²) in [6, 6.07) is 2.54. The molecule has 0 saturated carbocycles. The van der Waals surface area contributed by atoms with Crippen LogP contribution in [0.15, 0.2) is 22.8 Å². The van der Waals surface area contributed by atoms with E-state index in [4.69, 9.17) is 4.42 Å². The smallest absolute Gasteiger partial charge is 0.170 e. The number of benzene rings is 1. The van der Waals surface area contributed by atoms with Crippen LogP contribution < -0.4 is 5.32 Å². The van der Waals surface area contributed by atoms with Crippen molar-refractivity contribution in [2.45, 2.75) is 25.3 Å². The highest BCUT2D eigenvalue weighted by molar-refractivity contribution is 5.83. The summed E-state index contributed by atoms with van der Waals surface area (Å²) in [4.78, 5) is 0. The Morgan fingerprint density at radius 1 is 1.35 bits per heavy atom. The molecule has 0 radical (unpaired) electrons. The van der Waals surface area contributed by atoms with Crippen molar-refractivity contribution in [3.8, 4) is 0 Å². The van der Waals surface area contributed by atoms with Crippen molar-refractivity contribution in [3.05, 3.63) is 35.6 Å². The van der Waals surface area contributed by atoms with Crippen molar-refractivity contribution in [2.24, 2.45) is 0 Å². The minimum atomic E-state index is -0.646. The van der Waals surface area contributed by atoms with Crippen LogP contribution in [0.5, 0.6) is 0 Å². The van der Waals surface area contributed by atoms with Crippen molar-refractivity contribution in [1.29, 1.82) is 0 Å². The molecular formula is C13H13F2NO. The van der Waals surface area contributed by atoms with Crippen molar-refractivity contribution < 1.29 is 13.2 Å². The van der Waals surface area contributed by atoms with Crippen LogP contribution in [0.25, 0.3) is 11.0 Å². The molecule has 1 fully saturated rings. The quantitative estimate of drug-likeness (QED) is 0.823. The molecule has 0 amide bonds. The molecular weight excluding hydrogens is 224 g/mol. The maximum absolute atomic E-state index is 14.0. The number of hydrogen-bond donors (Lipinski definition) is 1. The molecule has 90 valence electrons. The molecule has 17 heavy (non-hydrogen) atoms. The Bertz CT molecular complexity index is 570. The standard InChI is InChI=1S/C13H13F2NO/c1-13(4-2-5-16-13)11-8-3-6-17-12(8)10(15)7-9(11)14/h3,6-7,16H,2,4-5H2,1H3. The molecule has 3 rings (SSSR count). The second kappa shape index (κ2) is 3.53. The van der Waals surface area contributed by atoms with Crippen LogP contribution >= 0.6 is 0 Å². The second-order valence-electron chi connectivity index (χ2n) is 4.74. The van der Waals surface area contributed by atoms with E-state index in [-0.39, 0.29) is 5.58 Å². The predicted octanol–water partition coefficient (Wildman–Crippen LogP) is 3.31. The lowest BCUT2D eigenvalue weighted by Crippen LogP contribution is -2.34. The maximum Gasteiger partial charge on any atom is 0.170 e. The van der Waals surface area contributed by atoms with E-state index in [1.165, 1.54) is 6.26 Å². The van der Waals surface area contributed by atoms with Crippen LogP contribution in [0.1, 0.15) is 25.3 Å². The molecule has 1 aromatic heterocycles. The highest BCUT2D eigenvalue weighted by atomic mass is 19.1. The highest BCUT2D eigenvalue weighted by Crippen LogP contribution is 2.38. The lowest BCUT2D eigenvalue weighted by atomic mass is 9.87. The van der Waals surface area contributed by atoms with Crippen LogP contribution in [0.4, 0.5) is 8.78 Å². The molecule has 0 spiro atoms. The molecule has 1 atom stereocenters. The summed E-state index contributed by atoms with van der Waals surface area (Å²) in [6.45, 7) is 2.80. The summed E-state index contributed by atoms with van der Waals surface area (Å²) in [7, 11) is 0. The van der Waals surface area contributed by atoms with Gasteiger partial charge in [0.1, 0.15) is 5.82 Å². The molecule has 0 aliphatic carbocycles. The number of hydrogen-bond acceptors (Lipinski definition) is 2. The van der Waals surface area contributed by atoms with Gasteiger partial charge >= 0.3 is 0 Å². The van der Waals surface area contributed by atoms with Gasteiger partial charge in [-0.3, -0.25) is 0 Å². The van der Waals surface area contributed by atoms with Gasteiger partial charge in [0.25, 0.3) is 0 Å². The predicted molar refractivity (Wildman–Crippen MR) is 60.7 cm³/mol. The molecule has 1 saturated heterocycles. The topological polar surface area (TPSA) is 25.2 Å². The van der Waals surface area contributed by atoms with Crippen molar-refractivity contribution in [1.82, 2.24) is 5.32 Å². The van der Waals surface area contributed by atoms with Gasteiger partial charge in [-0.05, 0) is 32.4 Å². The fourth-order valence-corrected chi connectivity index (χ4v) is 2.74. The molecule has 2 nitrogen and oxygen atoms in total. The Balaban J connectivity index is 2.31. The third kappa shape index (κ3) is 1.47. The SMILES string of the molecule is CC1(c2c(F)cc(F)c3occc23)CCCN1. The fourth-order valence-electron chi connectivity index (χ4n) is 2.74. The monoisotopic (exact) mass is 237 g/mol. The third-order valence-corrected chi connectivity index (χ3v) is 3.56. The van der Waals surface area contributed by atoms with Crippen molar-refractivity contribution in [2.75, 3.05) is 6.54 Å². The van der Waals surface area contributed by atoms with Crippen LogP contribution in [0.2, 0.25) is 0 Å². The van der Waals surface area contributed by atoms with Crippen LogP contribution in [-0.2, 0) is 5.54 Å². The average molecular weight is 237 g/mol. The highest BCUT2D eigenvalue weighted by Gasteiger charge is 2.35. The molecule has 4 heteroatoms. The van der Waals surface area contributed by atoms with E-state index in [1.807, 2.05) is 6.92 Å². The van der Waals surface area contributed by atoms with Gasteiger partial charge in [0, 0.05) is 22.6 Å². The van der Waals surface area contributed by atoms with Gasteiger partial charge < -0.3 is 9.73 Å². The van der Waals surface area contributed by atoms with Gasteiger partial charge in [0.15, 0.2) is 11.4 Å². The Hall–Kier alpha value is -1.42. The van der Waals surface area contributed by atoms with E-state index in [0.29, 0.717) is 10.9 Å². The lowest BCUT2D eigenvalue weighted by Gasteiger charge is -2.26. The maximum atomic E-state index is 14.0. The molecule has 0 bridgehead atoms. The molecule has 1 aliphatic rings. The van der Waals surface area contributed by atoms with E-state index < -0.39 is 17.2 Å². The first-order valence-electron chi connectivity index (χ1n) is 5.72. The van der Waals surface area contributed by atoms with Gasteiger partial charge in [-0.2, -0.15) is 0 Å². The number of nitrogens with one attached hydrogen (secondary N) is 1. The normalized spacial score (nSPS) is 24.6. The summed E-state index contributed by atoms with van der Waals surface area (Å²) < 4.78 is 32.6. The van der Waals surface area contributed by atoms with E-state index in [1.54, 1.807) is 6.07 Å². The van der Waals surface area contributed by atoms with Gasteiger partial charge in [-0.25, -0.2) is 8.78 Å². The summed E-state index contributed by atoms with van der Waals surface area (Å²) in [5, 5.41) is 3.81. The van der Waals surface area contributed by atoms with E-state index in [2.05, 4.69) is 5.32 Å². The summed E-state index contributed by atoms with van der Waals surface area (Å²) in [5.41, 5.74) is 0.219. The first-order valence-corrected chi connectivity index (χ1v) is 5.72. The van der Waals surface area contributed by atoms with Gasteiger partial charge in [0.2, 0.25) is 0 Å². The Labute approximate surface area is 97.6 Å². The Kier molecular flexibility index (Phi) is 2.23. The number of halogens is 2. The largest absolute Gasteiger partial charge is 0.461 e. The summed E-state index contributed by atoms with van der Waals surface area (Å²) in [6.07, 6.45) is 3.23. The first kappa shape index (κ1) is 10.7. The molecule has 1 N–H and O–H groups in total. The molecule has 1 aromatic carbocycles. The van der Waals surface area contributed by atoms with Crippen molar-refractivity contribution in [3.63, 3.8) is 0 Å². The average Bonchev–Trinajstić information content (AvgIpc) is 2.87. The molecule has 1 unspecified atom stereocenters. The number of fused-ring (bicyclic) bond motifs is 1. The minimum Gasteiger partial charge on any atom is -0.461 e. The number of rotatable bonds is 1. The molecule has 2 aromatic rings. The van der Waals surface area contributed by atoms with Crippen molar-refractivity contribution >= 4 is 11.0 Å². The van der Waals surface area contributed by atoms with E-state index in [9.17, 15) is 8.78 Å². The van der Waals surface area contributed by atoms with Crippen LogP contribution in [0, 0.1) is 11.6 Å². The summed E-state index contributed by atoms with van der Waals surface area (Å²) in [5.74, 6) is -1.15. The lowest BCUT2D eigenvalue weighted by molar-refractivity contribution is 0.412. The van der Waals surface area contributed by atoms with E-state index in [0.717, 1.165) is 25.5 Å². The zero-order valence-corrected chi connectivity index (χ0v) is 9.52. The zero-order valence-electron chi connectivity index (χ0n) is 9.52. The van der Waals surface area contributed by atoms with Crippen LogP contribution in [-0.4, -0.2) is 6.54 Å².